The van der Waals surface area contributed by atoms with E-state index in [9.17, 15) is 9.59 Å². The van der Waals surface area contributed by atoms with Crippen molar-refractivity contribution in [2.75, 3.05) is 39.3 Å². The lowest BCUT2D eigenvalue weighted by Crippen LogP contribution is -2.44. The summed E-state index contributed by atoms with van der Waals surface area (Å²) in [6.07, 6.45) is 2.08. The Balaban J connectivity index is 1.70. The largest absolute Gasteiger partial charge is 0.478 e. The van der Waals surface area contributed by atoms with Gasteiger partial charge in [0.1, 0.15) is 5.69 Å². The average Bonchev–Trinajstić information content (AvgIpc) is 2.52. The topological polar surface area (TPSA) is 94.6 Å². The number of carboxylic acid groups (broad SMARTS) is 1. The van der Waals surface area contributed by atoms with Crippen molar-refractivity contribution in [3.8, 4) is 0 Å². The van der Waals surface area contributed by atoms with Crippen molar-refractivity contribution in [2.45, 2.75) is 6.42 Å². The molecule has 3 N–H and O–H groups in total. The first-order valence-electron chi connectivity index (χ1n) is 7.07. The molecule has 7 heteroatoms. The first-order valence-corrected chi connectivity index (χ1v) is 7.07. The summed E-state index contributed by atoms with van der Waals surface area (Å²) in [5.41, 5.74) is 0.312. The number of carboxylic acids is 1. The summed E-state index contributed by atoms with van der Waals surface area (Å²) in [6.45, 7) is 5.69. The quantitative estimate of drug-likeness (QED) is 0.629. The molecule has 114 valence electrons. The molecule has 1 saturated heterocycles. The van der Waals surface area contributed by atoms with Crippen LogP contribution in [0.5, 0.6) is 0 Å². The SMILES string of the molecule is O=C(O)c1ccc(C(=O)NCCCN2CCNCC2)nc1. The summed E-state index contributed by atoms with van der Waals surface area (Å²) in [5, 5.41) is 14.9. The zero-order valence-corrected chi connectivity index (χ0v) is 11.8. The van der Waals surface area contributed by atoms with Crippen molar-refractivity contribution in [3.05, 3.63) is 29.6 Å². The number of rotatable bonds is 6. The Bertz CT molecular complexity index is 483. The van der Waals surface area contributed by atoms with E-state index in [1.807, 2.05) is 0 Å². The Kier molecular flexibility index (Phi) is 5.65. The van der Waals surface area contributed by atoms with Crippen LogP contribution in [-0.2, 0) is 0 Å². The zero-order chi connectivity index (χ0) is 15.1. The lowest BCUT2D eigenvalue weighted by molar-refractivity contribution is 0.0695. The van der Waals surface area contributed by atoms with Crippen LogP contribution in [0.4, 0.5) is 0 Å². The molecule has 0 unspecified atom stereocenters. The van der Waals surface area contributed by atoms with Gasteiger partial charge in [-0.25, -0.2) is 4.79 Å². The van der Waals surface area contributed by atoms with Gasteiger partial charge in [-0.3, -0.25) is 9.78 Å². The first-order chi connectivity index (χ1) is 10.2. The normalized spacial score (nSPS) is 15.6. The molecule has 1 aromatic rings. The van der Waals surface area contributed by atoms with Crippen molar-refractivity contribution in [3.63, 3.8) is 0 Å². The summed E-state index contributed by atoms with van der Waals surface area (Å²) < 4.78 is 0. The van der Waals surface area contributed by atoms with E-state index < -0.39 is 5.97 Å². The van der Waals surface area contributed by atoms with Gasteiger partial charge >= 0.3 is 5.97 Å². The molecular weight excluding hydrogens is 272 g/mol. The van der Waals surface area contributed by atoms with E-state index in [4.69, 9.17) is 5.11 Å². The molecule has 1 aliphatic heterocycles. The Labute approximate surface area is 123 Å². The number of piperazine rings is 1. The molecule has 0 saturated carbocycles. The third-order valence-electron chi connectivity index (χ3n) is 3.39. The molecular formula is C14H20N4O3. The van der Waals surface area contributed by atoms with Gasteiger partial charge in [0, 0.05) is 38.9 Å². The highest BCUT2D eigenvalue weighted by molar-refractivity contribution is 5.93. The minimum Gasteiger partial charge on any atom is -0.478 e. The number of aromatic carboxylic acids is 1. The van der Waals surface area contributed by atoms with Crippen molar-refractivity contribution < 1.29 is 14.7 Å². The summed E-state index contributed by atoms with van der Waals surface area (Å²) in [4.78, 5) is 28.7. The number of pyridine rings is 1. The second-order valence-electron chi connectivity index (χ2n) is 4.94. The van der Waals surface area contributed by atoms with Gasteiger partial charge in [-0.2, -0.15) is 0 Å². The van der Waals surface area contributed by atoms with E-state index in [-0.39, 0.29) is 17.2 Å². The number of hydrogen-bond donors (Lipinski definition) is 3. The molecule has 2 rings (SSSR count). The summed E-state index contributed by atoms with van der Waals surface area (Å²) in [6, 6.07) is 2.81. The van der Waals surface area contributed by atoms with Crippen LogP contribution >= 0.6 is 0 Å². The number of nitrogens with one attached hydrogen (secondary N) is 2. The van der Waals surface area contributed by atoms with Gasteiger partial charge in [0.2, 0.25) is 0 Å². The maximum atomic E-state index is 11.8. The fraction of sp³-hybridized carbons (Fsp3) is 0.500. The van der Waals surface area contributed by atoms with Crippen LogP contribution in [0.2, 0.25) is 0 Å². The maximum Gasteiger partial charge on any atom is 0.337 e. The average molecular weight is 292 g/mol. The Morgan fingerprint density at radius 1 is 1.33 bits per heavy atom. The van der Waals surface area contributed by atoms with Gasteiger partial charge in [0.15, 0.2) is 0 Å². The standard InChI is InChI=1S/C14H20N4O3/c19-13(12-3-2-11(10-17-12)14(20)21)16-4-1-7-18-8-5-15-6-9-18/h2-3,10,15H,1,4-9H2,(H,16,19)(H,20,21). The van der Waals surface area contributed by atoms with E-state index in [1.54, 1.807) is 0 Å². The Morgan fingerprint density at radius 3 is 2.71 bits per heavy atom. The number of amides is 1. The van der Waals surface area contributed by atoms with Crippen LogP contribution in [0.25, 0.3) is 0 Å². The monoisotopic (exact) mass is 292 g/mol. The summed E-state index contributed by atoms with van der Waals surface area (Å²) in [5.74, 6) is -1.32. The molecule has 0 bridgehead atoms. The van der Waals surface area contributed by atoms with Crippen LogP contribution < -0.4 is 10.6 Å². The molecule has 0 aliphatic carbocycles. The van der Waals surface area contributed by atoms with Gasteiger partial charge in [-0.15, -0.1) is 0 Å². The minimum atomic E-state index is -1.05. The molecule has 1 fully saturated rings. The molecule has 1 amide bonds. The second-order valence-corrected chi connectivity index (χ2v) is 4.94. The van der Waals surface area contributed by atoms with Crippen LogP contribution in [0.3, 0.4) is 0 Å². The number of nitrogens with zero attached hydrogens (tertiary/aromatic N) is 2. The maximum absolute atomic E-state index is 11.8. The van der Waals surface area contributed by atoms with Gasteiger partial charge in [-0.1, -0.05) is 0 Å². The van der Waals surface area contributed by atoms with Gasteiger partial charge in [-0.05, 0) is 25.1 Å². The highest BCUT2D eigenvalue weighted by Gasteiger charge is 2.10. The Morgan fingerprint density at radius 2 is 2.10 bits per heavy atom. The van der Waals surface area contributed by atoms with Crippen molar-refractivity contribution in [1.29, 1.82) is 0 Å². The lowest BCUT2D eigenvalue weighted by atomic mass is 10.2. The van der Waals surface area contributed by atoms with Crippen LogP contribution in [0, 0.1) is 0 Å². The molecule has 1 aliphatic rings. The van der Waals surface area contributed by atoms with E-state index in [1.165, 1.54) is 18.3 Å². The fourth-order valence-corrected chi connectivity index (χ4v) is 2.18. The van der Waals surface area contributed by atoms with Crippen molar-refractivity contribution >= 4 is 11.9 Å². The molecule has 7 nitrogen and oxygen atoms in total. The van der Waals surface area contributed by atoms with Crippen molar-refractivity contribution in [2.24, 2.45) is 0 Å². The van der Waals surface area contributed by atoms with Gasteiger partial charge < -0.3 is 20.6 Å². The van der Waals surface area contributed by atoms with Gasteiger partial charge in [0.25, 0.3) is 5.91 Å². The lowest BCUT2D eigenvalue weighted by Gasteiger charge is -2.27. The number of hydrogen-bond acceptors (Lipinski definition) is 5. The number of aromatic nitrogens is 1. The van der Waals surface area contributed by atoms with E-state index in [0.717, 1.165) is 39.1 Å². The van der Waals surface area contributed by atoms with E-state index in [2.05, 4.69) is 20.5 Å². The Hall–Kier alpha value is -1.99. The summed E-state index contributed by atoms with van der Waals surface area (Å²) in [7, 11) is 0. The van der Waals surface area contributed by atoms with E-state index in [0.29, 0.717) is 6.54 Å². The highest BCUT2D eigenvalue weighted by atomic mass is 16.4. The van der Waals surface area contributed by atoms with Crippen LogP contribution in [-0.4, -0.2) is 66.1 Å². The third kappa shape index (κ3) is 4.80. The number of carbonyl (C=O) groups excluding carboxylic acids is 1. The smallest absolute Gasteiger partial charge is 0.337 e. The molecule has 0 aromatic carbocycles. The van der Waals surface area contributed by atoms with Crippen molar-refractivity contribution in [1.82, 2.24) is 20.5 Å². The van der Waals surface area contributed by atoms with Gasteiger partial charge in [0.05, 0.1) is 5.56 Å². The molecule has 0 radical (unpaired) electrons. The zero-order valence-electron chi connectivity index (χ0n) is 11.8. The predicted molar refractivity (Wildman–Crippen MR) is 77.5 cm³/mol. The molecule has 0 atom stereocenters. The minimum absolute atomic E-state index is 0.0743. The van der Waals surface area contributed by atoms with Crippen LogP contribution in [0.15, 0.2) is 18.3 Å². The second kappa shape index (κ2) is 7.70. The summed E-state index contributed by atoms with van der Waals surface area (Å²) >= 11 is 0. The van der Waals surface area contributed by atoms with E-state index >= 15 is 0 Å². The molecule has 0 spiro atoms. The molecule has 21 heavy (non-hydrogen) atoms. The molecule has 1 aromatic heterocycles. The number of carbonyl (C=O) groups is 2. The highest BCUT2D eigenvalue weighted by Crippen LogP contribution is 2.00. The molecule has 2 heterocycles. The third-order valence-corrected chi connectivity index (χ3v) is 3.39. The predicted octanol–water partition coefficient (Wildman–Crippen LogP) is -0.195. The first kappa shape index (κ1) is 15.4. The van der Waals surface area contributed by atoms with Crippen LogP contribution in [0.1, 0.15) is 27.3 Å². The fourth-order valence-electron chi connectivity index (χ4n) is 2.18.